The lowest BCUT2D eigenvalue weighted by atomic mass is 9.81. The molecule has 1 unspecified atom stereocenters. The molecule has 50 heavy (non-hydrogen) atoms. The van der Waals surface area contributed by atoms with Gasteiger partial charge in [-0.25, -0.2) is 4.79 Å². The van der Waals surface area contributed by atoms with Crippen LogP contribution >= 0.6 is 0 Å². The summed E-state index contributed by atoms with van der Waals surface area (Å²) in [6.07, 6.45) is 5.76. The molecule has 1 fully saturated rings. The zero-order valence-electron chi connectivity index (χ0n) is 27.8. The Bertz CT molecular complexity index is 1860. The van der Waals surface area contributed by atoms with E-state index in [4.69, 9.17) is 14.2 Å². The fourth-order valence-corrected chi connectivity index (χ4v) is 6.85. The number of rotatable bonds is 11. The van der Waals surface area contributed by atoms with Crippen LogP contribution in [0.3, 0.4) is 0 Å². The molecule has 1 aliphatic carbocycles. The molecule has 8 nitrogen and oxygen atoms in total. The normalized spacial score (nSPS) is 14.5. The van der Waals surface area contributed by atoms with Crippen molar-refractivity contribution in [3.63, 3.8) is 0 Å². The zero-order valence-corrected chi connectivity index (χ0v) is 27.8. The molecule has 7 rings (SSSR count). The largest absolute Gasteiger partial charge is 0.480 e. The van der Waals surface area contributed by atoms with Gasteiger partial charge in [-0.2, -0.15) is 0 Å². The van der Waals surface area contributed by atoms with E-state index < -0.39 is 12.1 Å². The minimum absolute atomic E-state index is 0.118. The number of urea groups is 1. The van der Waals surface area contributed by atoms with Gasteiger partial charge in [0.2, 0.25) is 6.79 Å². The van der Waals surface area contributed by atoms with Gasteiger partial charge in [-0.3, -0.25) is 4.79 Å². The highest BCUT2D eigenvalue weighted by Gasteiger charge is 2.29. The van der Waals surface area contributed by atoms with Crippen molar-refractivity contribution in [1.29, 1.82) is 0 Å². The molecule has 2 aliphatic rings. The van der Waals surface area contributed by atoms with Crippen LogP contribution in [0.15, 0.2) is 127 Å². The molecule has 254 valence electrons. The summed E-state index contributed by atoms with van der Waals surface area (Å²) in [5.41, 5.74) is 4.45. The number of carbonyl (C=O) groups is 2. The van der Waals surface area contributed by atoms with Crippen molar-refractivity contribution >= 4 is 23.3 Å². The van der Waals surface area contributed by atoms with Crippen molar-refractivity contribution in [1.82, 2.24) is 5.32 Å². The third-order valence-electron chi connectivity index (χ3n) is 9.39. The summed E-state index contributed by atoms with van der Waals surface area (Å²) in [6.45, 7) is 0.213. The molecule has 5 aromatic carbocycles. The van der Waals surface area contributed by atoms with E-state index in [-0.39, 0.29) is 18.7 Å². The Kier molecular flexibility index (Phi) is 10.2. The first kappa shape index (κ1) is 32.8. The minimum Gasteiger partial charge on any atom is -0.480 e. The molecule has 3 N–H and O–H groups in total. The number of hydrogen-bond donors (Lipinski definition) is 3. The van der Waals surface area contributed by atoms with Gasteiger partial charge in [0.1, 0.15) is 11.9 Å². The van der Waals surface area contributed by atoms with Crippen molar-refractivity contribution in [3.05, 3.63) is 150 Å². The summed E-state index contributed by atoms with van der Waals surface area (Å²) in [7, 11) is 0. The average Bonchev–Trinajstić information content (AvgIpc) is 3.63. The lowest BCUT2D eigenvalue weighted by Crippen LogP contribution is -2.42. The van der Waals surface area contributed by atoms with Gasteiger partial charge in [-0.05, 0) is 84.3 Å². The van der Waals surface area contributed by atoms with E-state index in [1.165, 1.54) is 6.42 Å². The fraction of sp³-hybridized carbons (Fsp3) is 0.238. The van der Waals surface area contributed by atoms with E-state index in [0.29, 0.717) is 35.0 Å². The van der Waals surface area contributed by atoms with Gasteiger partial charge >= 0.3 is 6.03 Å². The Hall–Kier alpha value is -5.76. The first-order valence-corrected chi connectivity index (χ1v) is 17.3. The van der Waals surface area contributed by atoms with Crippen LogP contribution in [0.1, 0.15) is 65.3 Å². The minimum atomic E-state index is -0.466. The Balaban J connectivity index is 1.20. The molecule has 8 heteroatoms. The average molecular weight is 668 g/mol. The Morgan fingerprint density at radius 2 is 1.32 bits per heavy atom. The smallest absolute Gasteiger partial charge is 0.323 e. The molecular weight excluding hydrogens is 626 g/mol. The standard InChI is InChI=1S/C42H41N3O5/c46-41(45-36(30-13-5-1-6-14-30)25-29-21-23-38-39(26-29)49-28-48-38)35-27-34(44-42(47)43-33-19-11-4-12-20-33)22-24-37(35)50-40(31-15-7-2-8-16-31)32-17-9-3-10-18-32/h2-4,7-12,15-24,26-27,30,36,40H,1,5-6,13-14,25,28H2,(H,45,46)(H2,43,44,47). The Morgan fingerprint density at radius 1 is 0.680 bits per heavy atom. The van der Waals surface area contributed by atoms with Crippen LogP contribution in [0.25, 0.3) is 0 Å². The highest BCUT2D eigenvalue weighted by molar-refractivity contribution is 6.02. The maximum Gasteiger partial charge on any atom is 0.323 e. The summed E-state index contributed by atoms with van der Waals surface area (Å²) in [5.74, 6) is 1.94. The molecule has 0 radical (unpaired) electrons. The molecule has 5 aromatic rings. The number of ether oxygens (including phenoxy) is 3. The van der Waals surface area contributed by atoms with E-state index >= 15 is 0 Å². The van der Waals surface area contributed by atoms with Gasteiger partial charge in [-0.15, -0.1) is 0 Å². The highest BCUT2D eigenvalue weighted by Crippen LogP contribution is 2.36. The van der Waals surface area contributed by atoms with E-state index in [1.54, 1.807) is 18.2 Å². The second kappa shape index (κ2) is 15.6. The van der Waals surface area contributed by atoms with Crippen molar-refractivity contribution in [2.75, 3.05) is 17.4 Å². The highest BCUT2D eigenvalue weighted by atomic mass is 16.7. The molecular formula is C42H41N3O5. The predicted octanol–water partition coefficient (Wildman–Crippen LogP) is 9.15. The second-order valence-electron chi connectivity index (χ2n) is 12.8. The van der Waals surface area contributed by atoms with Gasteiger partial charge in [0.05, 0.1) is 5.56 Å². The lowest BCUT2D eigenvalue weighted by Gasteiger charge is -2.31. The lowest BCUT2D eigenvalue weighted by molar-refractivity contribution is 0.0907. The number of nitrogens with one attached hydrogen (secondary N) is 3. The predicted molar refractivity (Wildman–Crippen MR) is 195 cm³/mol. The maximum atomic E-state index is 14.5. The quantitative estimate of drug-likeness (QED) is 0.131. The fourth-order valence-electron chi connectivity index (χ4n) is 6.85. The number of amides is 3. The van der Waals surface area contributed by atoms with Crippen LogP contribution in [-0.2, 0) is 6.42 Å². The Morgan fingerprint density at radius 3 is 2.02 bits per heavy atom. The van der Waals surface area contributed by atoms with Crippen LogP contribution in [0.2, 0.25) is 0 Å². The van der Waals surface area contributed by atoms with Gasteiger partial charge in [-0.1, -0.05) is 104 Å². The van der Waals surface area contributed by atoms with Crippen molar-refractivity contribution < 1.29 is 23.8 Å². The van der Waals surface area contributed by atoms with Crippen LogP contribution in [0.4, 0.5) is 16.2 Å². The number of anilines is 2. The molecule has 0 saturated heterocycles. The van der Waals surface area contributed by atoms with E-state index in [9.17, 15) is 9.59 Å². The SMILES string of the molecule is O=C(Nc1ccccc1)Nc1ccc(OC(c2ccccc2)c2ccccc2)c(C(=O)NC(Cc2ccc3c(c2)OCO3)C2CCCCC2)c1. The van der Waals surface area contributed by atoms with E-state index in [2.05, 4.69) is 16.0 Å². The topological polar surface area (TPSA) is 97.9 Å². The van der Waals surface area contributed by atoms with Crippen molar-refractivity contribution in [2.24, 2.45) is 5.92 Å². The summed E-state index contributed by atoms with van der Waals surface area (Å²) >= 11 is 0. The number of fused-ring (bicyclic) bond motifs is 1. The summed E-state index contributed by atoms with van der Waals surface area (Å²) < 4.78 is 18.0. The van der Waals surface area contributed by atoms with Crippen LogP contribution < -0.4 is 30.2 Å². The first-order valence-electron chi connectivity index (χ1n) is 17.3. The van der Waals surface area contributed by atoms with Gasteiger partial charge in [0.15, 0.2) is 11.5 Å². The van der Waals surface area contributed by atoms with E-state index in [0.717, 1.165) is 53.9 Å². The second-order valence-corrected chi connectivity index (χ2v) is 12.8. The van der Waals surface area contributed by atoms with Crippen LogP contribution in [0.5, 0.6) is 17.2 Å². The Labute approximate surface area is 292 Å². The van der Waals surface area contributed by atoms with Crippen molar-refractivity contribution in [2.45, 2.75) is 50.7 Å². The molecule has 3 amide bonds. The van der Waals surface area contributed by atoms with Gasteiger partial charge < -0.3 is 30.2 Å². The van der Waals surface area contributed by atoms with Gasteiger partial charge in [0.25, 0.3) is 5.91 Å². The van der Waals surface area contributed by atoms with E-state index in [1.807, 2.05) is 109 Å². The van der Waals surface area contributed by atoms with Gasteiger partial charge in [0, 0.05) is 17.4 Å². The molecule has 1 heterocycles. The summed E-state index contributed by atoms with van der Waals surface area (Å²) in [4.78, 5) is 27.5. The van der Waals surface area contributed by atoms with Crippen LogP contribution in [0, 0.1) is 5.92 Å². The monoisotopic (exact) mass is 667 g/mol. The zero-order chi connectivity index (χ0) is 34.1. The maximum absolute atomic E-state index is 14.5. The number of benzene rings is 5. The molecule has 1 atom stereocenters. The van der Waals surface area contributed by atoms with Crippen LogP contribution in [-0.4, -0.2) is 24.8 Å². The molecule has 0 bridgehead atoms. The summed E-state index contributed by atoms with van der Waals surface area (Å²) in [6, 6.07) is 39.8. The number of para-hydroxylation sites is 1. The number of hydrogen-bond acceptors (Lipinski definition) is 5. The molecule has 1 saturated carbocycles. The van der Waals surface area contributed by atoms with Crippen molar-refractivity contribution in [3.8, 4) is 17.2 Å². The molecule has 0 aromatic heterocycles. The molecule has 1 aliphatic heterocycles. The first-order chi connectivity index (χ1) is 24.6. The third-order valence-corrected chi connectivity index (χ3v) is 9.39. The number of carbonyl (C=O) groups excluding carboxylic acids is 2. The third kappa shape index (κ3) is 8.09. The summed E-state index contributed by atoms with van der Waals surface area (Å²) in [5, 5.41) is 9.16. The molecule has 0 spiro atoms.